The lowest BCUT2D eigenvalue weighted by Crippen LogP contribution is -2.28. The zero-order chi connectivity index (χ0) is 21.0. The number of benzene rings is 1. The molecule has 4 atom stereocenters. The van der Waals surface area contributed by atoms with Crippen molar-refractivity contribution in [3.8, 4) is 11.3 Å². The summed E-state index contributed by atoms with van der Waals surface area (Å²) in [6, 6.07) is 8.25. The molecule has 2 fully saturated rings. The van der Waals surface area contributed by atoms with Crippen molar-refractivity contribution in [2.24, 2.45) is 28.8 Å². The fourth-order valence-electron chi connectivity index (χ4n) is 4.64. The molecule has 0 N–H and O–H groups in total. The predicted octanol–water partition coefficient (Wildman–Crippen LogP) is 3.53. The molecule has 1 aromatic carbocycles. The summed E-state index contributed by atoms with van der Waals surface area (Å²) in [7, 11) is 1.28. The van der Waals surface area contributed by atoms with Crippen molar-refractivity contribution in [2.45, 2.75) is 6.42 Å². The maximum absolute atomic E-state index is 12.7. The molecule has 2 amide bonds. The lowest BCUT2D eigenvalue weighted by atomic mass is 9.85. The van der Waals surface area contributed by atoms with Gasteiger partial charge in [0.2, 0.25) is 0 Å². The highest BCUT2D eigenvalue weighted by molar-refractivity contribution is 6.33. The quantitative estimate of drug-likeness (QED) is 0.324. The molecule has 1 aliphatic heterocycles. The number of hydrogen-bond acceptors (Lipinski definition) is 6. The van der Waals surface area contributed by atoms with Gasteiger partial charge in [-0.05, 0) is 48.6 Å². The zero-order valence-electron chi connectivity index (χ0n) is 15.9. The Morgan fingerprint density at radius 1 is 1.17 bits per heavy atom. The van der Waals surface area contributed by atoms with Crippen molar-refractivity contribution < 1.29 is 23.5 Å². The van der Waals surface area contributed by atoms with Crippen molar-refractivity contribution in [3.63, 3.8) is 0 Å². The van der Waals surface area contributed by atoms with Crippen molar-refractivity contribution in [3.05, 3.63) is 58.8 Å². The van der Waals surface area contributed by atoms with Crippen LogP contribution in [0.25, 0.3) is 11.3 Å². The normalized spacial score (nSPS) is 26.8. The minimum atomic E-state index is -0.546. The third kappa shape index (κ3) is 2.81. The van der Waals surface area contributed by atoms with Gasteiger partial charge in [0.1, 0.15) is 11.5 Å². The molecule has 2 bridgehead atoms. The average Bonchev–Trinajstić information content (AvgIpc) is 3.52. The molecular weight excluding hydrogens is 408 g/mol. The maximum atomic E-state index is 12.7. The number of halogens is 1. The number of furan rings is 1. The molecule has 7 nitrogen and oxygen atoms in total. The van der Waals surface area contributed by atoms with Gasteiger partial charge >= 0.3 is 5.97 Å². The Labute approximate surface area is 176 Å². The fourth-order valence-corrected chi connectivity index (χ4v) is 4.83. The van der Waals surface area contributed by atoms with E-state index in [0.717, 1.165) is 11.4 Å². The number of rotatable bonds is 4. The van der Waals surface area contributed by atoms with Crippen LogP contribution in [0, 0.1) is 23.7 Å². The highest BCUT2D eigenvalue weighted by Crippen LogP contribution is 2.52. The van der Waals surface area contributed by atoms with E-state index in [1.807, 2.05) is 12.2 Å². The summed E-state index contributed by atoms with van der Waals surface area (Å²) in [4.78, 5) is 37.2. The Morgan fingerprint density at radius 2 is 1.87 bits per heavy atom. The van der Waals surface area contributed by atoms with E-state index < -0.39 is 5.97 Å². The fraction of sp³-hybridized carbons (Fsp3) is 0.273. The van der Waals surface area contributed by atoms with Crippen LogP contribution in [0.5, 0.6) is 0 Å². The molecule has 1 saturated carbocycles. The minimum absolute atomic E-state index is 0.140. The second-order valence-corrected chi connectivity index (χ2v) is 8.03. The van der Waals surface area contributed by atoms with Crippen molar-refractivity contribution in [1.29, 1.82) is 0 Å². The van der Waals surface area contributed by atoms with E-state index in [1.54, 1.807) is 30.3 Å². The van der Waals surface area contributed by atoms with E-state index in [-0.39, 0.29) is 46.1 Å². The van der Waals surface area contributed by atoms with Crippen molar-refractivity contribution >= 4 is 35.6 Å². The van der Waals surface area contributed by atoms with Gasteiger partial charge in [0.05, 0.1) is 35.7 Å². The summed E-state index contributed by atoms with van der Waals surface area (Å²) in [6.07, 6.45) is 6.31. The Balaban J connectivity index is 1.36. The monoisotopic (exact) mass is 424 g/mol. The second-order valence-electron chi connectivity index (χ2n) is 7.62. The molecule has 2 heterocycles. The van der Waals surface area contributed by atoms with E-state index in [9.17, 15) is 14.4 Å². The molecule has 3 aliphatic rings. The van der Waals surface area contributed by atoms with Crippen LogP contribution in [-0.2, 0) is 14.3 Å². The van der Waals surface area contributed by atoms with Crippen LogP contribution >= 0.6 is 11.6 Å². The molecule has 8 heteroatoms. The third-order valence-electron chi connectivity index (χ3n) is 6.03. The van der Waals surface area contributed by atoms with Crippen LogP contribution in [0.4, 0.5) is 0 Å². The van der Waals surface area contributed by atoms with Crippen LogP contribution in [0.3, 0.4) is 0 Å². The highest BCUT2D eigenvalue weighted by atomic mass is 35.5. The van der Waals surface area contributed by atoms with E-state index in [2.05, 4.69) is 5.10 Å². The molecule has 0 spiro atoms. The SMILES string of the molecule is COC(=O)c1cc(-c2ccc(/C=N\N3C(=O)[C@@H]4[C@@H](C3=O)[C@H]3C=C[C@@H]4C3)o2)ccc1Cl. The van der Waals surface area contributed by atoms with Crippen LogP contribution < -0.4 is 0 Å². The maximum Gasteiger partial charge on any atom is 0.339 e. The highest BCUT2D eigenvalue weighted by Gasteiger charge is 2.59. The summed E-state index contributed by atoms with van der Waals surface area (Å²) < 4.78 is 10.5. The van der Waals surface area contributed by atoms with Gasteiger partial charge in [-0.25, -0.2) is 4.79 Å². The van der Waals surface area contributed by atoms with E-state index in [0.29, 0.717) is 17.1 Å². The number of esters is 1. The summed E-state index contributed by atoms with van der Waals surface area (Å²) in [5.74, 6) is -0.479. The number of nitrogens with zero attached hydrogens (tertiary/aromatic N) is 2. The Morgan fingerprint density at radius 3 is 2.53 bits per heavy atom. The largest absolute Gasteiger partial charge is 0.465 e. The number of hydrazone groups is 1. The molecule has 1 saturated heterocycles. The standard InChI is InChI=1S/C22H17ClN2O5/c1-29-22(28)15-9-11(4-6-16(15)23)17-7-5-14(30-17)10-24-25-20(26)18-12-2-3-13(8-12)19(18)21(25)27/h2-7,9-10,12-13,18-19H,8H2,1H3/b24-10-/t12-,13+,18-,19-/m0/s1. The average molecular weight is 425 g/mol. The Bertz CT molecular complexity index is 1100. The van der Waals surface area contributed by atoms with Crippen LogP contribution in [0.1, 0.15) is 22.5 Å². The number of allylic oxidation sites excluding steroid dienone is 2. The number of hydrogen-bond donors (Lipinski definition) is 0. The molecule has 152 valence electrons. The summed E-state index contributed by atoms with van der Waals surface area (Å²) in [5.41, 5.74) is 0.858. The van der Waals surface area contributed by atoms with Crippen LogP contribution in [-0.4, -0.2) is 36.1 Å². The van der Waals surface area contributed by atoms with Gasteiger partial charge in [-0.3, -0.25) is 9.59 Å². The van der Waals surface area contributed by atoms with Gasteiger partial charge in [-0.15, -0.1) is 0 Å². The van der Waals surface area contributed by atoms with Crippen molar-refractivity contribution in [2.75, 3.05) is 7.11 Å². The first-order chi connectivity index (χ1) is 14.5. The van der Waals surface area contributed by atoms with Crippen LogP contribution in [0.15, 0.2) is 52.0 Å². The smallest absolute Gasteiger partial charge is 0.339 e. The third-order valence-corrected chi connectivity index (χ3v) is 6.36. The number of carbonyl (C=O) groups excluding carboxylic acids is 3. The number of ether oxygens (including phenoxy) is 1. The van der Waals surface area contributed by atoms with E-state index >= 15 is 0 Å². The van der Waals surface area contributed by atoms with Gasteiger partial charge in [0.25, 0.3) is 11.8 Å². The molecule has 1 aromatic heterocycles. The number of amides is 2. The first-order valence-corrected chi connectivity index (χ1v) is 9.94. The number of fused-ring (bicyclic) bond motifs is 5. The van der Waals surface area contributed by atoms with Gasteiger partial charge in [-0.2, -0.15) is 10.1 Å². The Hall–Kier alpha value is -3.19. The molecule has 2 aliphatic carbocycles. The van der Waals surface area contributed by atoms with E-state index in [4.69, 9.17) is 20.8 Å². The first-order valence-electron chi connectivity index (χ1n) is 9.56. The van der Waals surface area contributed by atoms with Gasteiger partial charge < -0.3 is 9.15 Å². The molecule has 2 aromatic rings. The molecule has 0 unspecified atom stereocenters. The number of methoxy groups -OCH3 is 1. The predicted molar refractivity (Wildman–Crippen MR) is 108 cm³/mol. The minimum Gasteiger partial charge on any atom is -0.465 e. The van der Waals surface area contributed by atoms with Gasteiger partial charge in [0.15, 0.2) is 0 Å². The zero-order valence-corrected chi connectivity index (χ0v) is 16.7. The number of imide groups is 1. The summed E-state index contributed by atoms with van der Waals surface area (Å²) in [6.45, 7) is 0. The second kappa shape index (κ2) is 6.95. The molecule has 5 rings (SSSR count). The summed E-state index contributed by atoms with van der Waals surface area (Å²) >= 11 is 6.05. The first kappa shape index (κ1) is 18.8. The summed E-state index contributed by atoms with van der Waals surface area (Å²) in [5, 5.41) is 5.36. The molecular formula is C22H17ClN2O5. The lowest BCUT2D eigenvalue weighted by molar-refractivity contribution is -0.140. The van der Waals surface area contributed by atoms with Gasteiger partial charge in [-0.1, -0.05) is 23.8 Å². The van der Waals surface area contributed by atoms with E-state index in [1.165, 1.54) is 13.3 Å². The number of carbonyl (C=O) groups is 3. The Kier molecular flexibility index (Phi) is 4.36. The topological polar surface area (TPSA) is 89.2 Å². The van der Waals surface area contributed by atoms with Gasteiger partial charge in [0, 0.05) is 5.56 Å². The van der Waals surface area contributed by atoms with Crippen LogP contribution in [0.2, 0.25) is 5.02 Å². The lowest BCUT2D eigenvalue weighted by Gasteiger charge is -2.13. The molecule has 30 heavy (non-hydrogen) atoms. The molecule has 0 radical (unpaired) electrons. The van der Waals surface area contributed by atoms with Crippen molar-refractivity contribution in [1.82, 2.24) is 5.01 Å².